The molecule has 3 aromatic heterocycles. The van der Waals surface area contributed by atoms with Crippen LogP contribution in [0.4, 0.5) is 5.95 Å². The summed E-state index contributed by atoms with van der Waals surface area (Å²) in [5.74, 6) is 1.13. The van der Waals surface area contributed by atoms with E-state index < -0.39 is 10.1 Å². The number of aromatic nitrogens is 4. The highest BCUT2D eigenvalue weighted by molar-refractivity contribution is 7.85. The molecule has 3 aromatic rings. The van der Waals surface area contributed by atoms with E-state index in [2.05, 4.69) is 20.3 Å². The molecule has 0 unspecified atom stereocenters. The van der Waals surface area contributed by atoms with Crippen LogP contribution in [0.15, 0.2) is 36.8 Å². The van der Waals surface area contributed by atoms with Crippen molar-refractivity contribution in [3.05, 3.63) is 36.8 Å². The van der Waals surface area contributed by atoms with Crippen LogP contribution < -0.4 is 5.32 Å². The van der Waals surface area contributed by atoms with Crippen LogP contribution in [-0.2, 0) is 14.3 Å². The zero-order valence-corrected chi connectivity index (χ0v) is 17.2. The molecule has 29 heavy (non-hydrogen) atoms. The van der Waals surface area contributed by atoms with E-state index in [-0.39, 0.29) is 6.61 Å². The van der Waals surface area contributed by atoms with Crippen LogP contribution in [0, 0.1) is 5.92 Å². The van der Waals surface area contributed by atoms with Gasteiger partial charge in [-0.25, -0.2) is 15.0 Å². The predicted octanol–water partition coefficient (Wildman–Crippen LogP) is 3.36. The van der Waals surface area contributed by atoms with Crippen LogP contribution in [0.5, 0.6) is 0 Å². The Morgan fingerprint density at radius 3 is 2.79 bits per heavy atom. The van der Waals surface area contributed by atoms with Crippen molar-refractivity contribution in [2.45, 2.75) is 38.1 Å². The van der Waals surface area contributed by atoms with Crippen molar-refractivity contribution in [2.24, 2.45) is 5.92 Å². The second-order valence-electron chi connectivity index (χ2n) is 7.54. The minimum atomic E-state index is -3.35. The highest BCUT2D eigenvalue weighted by Gasteiger charge is 2.22. The maximum absolute atomic E-state index is 11.1. The fraction of sp³-hybridized carbons (Fsp3) is 0.450. The average Bonchev–Trinajstić information content (AvgIpc) is 3.13. The summed E-state index contributed by atoms with van der Waals surface area (Å²) >= 11 is 0. The quantitative estimate of drug-likeness (QED) is 0.569. The lowest BCUT2D eigenvalue weighted by molar-refractivity contribution is 0.246. The molecule has 0 atom stereocenters. The number of fused-ring (bicyclic) bond motifs is 1. The molecule has 0 amide bonds. The lowest BCUT2D eigenvalue weighted by Gasteiger charge is -2.29. The van der Waals surface area contributed by atoms with Gasteiger partial charge in [0.15, 0.2) is 0 Å². The summed E-state index contributed by atoms with van der Waals surface area (Å²) in [6.07, 6.45) is 11.4. The van der Waals surface area contributed by atoms with Gasteiger partial charge in [-0.05, 0) is 56.2 Å². The monoisotopic (exact) mass is 415 g/mol. The van der Waals surface area contributed by atoms with Crippen molar-refractivity contribution < 1.29 is 12.6 Å². The fourth-order valence-electron chi connectivity index (χ4n) is 3.89. The molecular weight excluding hydrogens is 390 g/mol. The van der Waals surface area contributed by atoms with E-state index in [1.54, 1.807) is 12.4 Å². The van der Waals surface area contributed by atoms with Crippen LogP contribution in [0.1, 0.15) is 32.1 Å². The molecule has 4 rings (SSSR count). The second-order valence-corrected chi connectivity index (χ2v) is 9.19. The molecule has 1 saturated carbocycles. The van der Waals surface area contributed by atoms with E-state index in [0.717, 1.165) is 60.7 Å². The number of aromatic amines is 1. The number of hydrogen-bond acceptors (Lipinski definition) is 7. The lowest BCUT2D eigenvalue weighted by Crippen LogP contribution is -2.27. The Hall–Kier alpha value is -2.52. The van der Waals surface area contributed by atoms with Crippen LogP contribution in [-0.4, -0.2) is 47.3 Å². The topological polar surface area (TPSA) is 110 Å². The Morgan fingerprint density at radius 2 is 2.00 bits per heavy atom. The summed E-state index contributed by atoms with van der Waals surface area (Å²) in [7, 11) is -3.35. The molecular formula is C20H25N5O3S. The van der Waals surface area contributed by atoms with Crippen LogP contribution in [0.2, 0.25) is 0 Å². The van der Waals surface area contributed by atoms with Gasteiger partial charge in [0.2, 0.25) is 5.95 Å². The molecule has 3 heterocycles. The molecule has 8 nitrogen and oxygen atoms in total. The first-order valence-electron chi connectivity index (χ1n) is 9.84. The Kier molecular flexibility index (Phi) is 5.77. The predicted molar refractivity (Wildman–Crippen MR) is 112 cm³/mol. The minimum Gasteiger partial charge on any atom is -0.351 e. The third-order valence-electron chi connectivity index (χ3n) is 5.39. The number of nitrogens with zero attached hydrogens (tertiary/aromatic N) is 3. The van der Waals surface area contributed by atoms with E-state index >= 15 is 0 Å². The molecule has 2 N–H and O–H groups in total. The third-order valence-corrected chi connectivity index (χ3v) is 5.98. The first-order valence-corrected chi connectivity index (χ1v) is 11.7. The number of anilines is 1. The van der Waals surface area contributed by atoms with Gasteiger partial charge in [0.1, 0.15) is 5.65 Å². The Bertz CT molecular complexity index is 1070. The number of hydrogen-bond donors (Lipinski definition) is 2. The second kappa shape index (κ2) is 8.46. The normalized spacial score (nSPS) is 20.0. The van der Waals surface area contributed by atoms with E-state index in [9.17, 15) is 8.42 Å². The van der Waals surface area contributed by atoms with Crippen LogP contribution in [0.3, 0.4) is 0 Å². The summed E-state index contributed by atoms with van der Waals surface area (Å²) in [5.41, 5.74) is 2.70. The van der Waals surface area contributed by atoms with Crippen molar-refractivity contribution >= 4 is 27.1 Å². The molecule has 0 aliphatic heterocycles. The van der Waals surface area contributed by atoms with E-state index in [0.29, 0.717) is 17.9 Å². The SMILES string of the molecule is CS(=O)(=O)OCCC1CCC(Nc2nccc(-c3c[nH]c4ncccc34)n2)CC1. The first kappa shape index (κ1) is 19.8. The van der Waals surface area contributed by atoms with Crippen molar-refractivity contribution in [1.82, 2.24) is 19.9 Å². The van der Waals surface area contributed by atoms with Crippen molar-refractivity contribution in [1.29, 1.82) is 0 Å². The van der Waals surface area contributed by atoms with Gasteiger partial charge in [0.05, 0.1) is 18.6 Å². The largest absolute Gasteiger partial charge is 0.351 e. The number of pyridine rings is 1. The van der Waals surface area contributed by atoms with Gasteiger partial charge in [0.25, 0.3) is 10.1 Å². The Morgan fingerprint density at radius 1 is 1.17 bits per heavy atom. The number of nitrogens with one attached hydrogen (secondary N) is 2. The summed E-state index contributed by atoms with van der Waals surface area (Å²) < 4.78 is 27.0. The summed E-state index contributed by atoms with van der Waals surface area (Å²) in [5, 5.41) is 4.49. The number of H-pyrrole nitrogens is 1. The third kappa shape index (κ3) is 5.10. The van der Waals surface area contributed by atoms with Crippen molar-refractivity contribution in [3.63, 3.8) is 0 Å². The molecule has 154 valence electrons. The maximum atomic E-state index is 11.1. The van der Waals surface area contributed by atoms with Crippen LogP contribution >= 0.6 is 0 Å². The van der Waals surface area contributed by atoms with Crippen LogP contribution in [0.25, 0.3) is 22.3 Å². The average molecular weight is 416 g/mol. The van der Waals surface area contributed by atoms with Crippen molar-refractivity contribution in [3.8, 4) is 11.3 Å². The van der Waals surface area contributed by atoms with Gasteiger partial charge in [-0.1, -0.05) is 0 Å². The fourth-order valence-corrected chi connectivity index (χ4v) is 4.29. The first-order chi connectivity index (χ1) is 14.0. The highest BCUT2D eigenvalue weighted by Crippen LogP contribution is 2.29. The molecule has 1 aliphatic carbocycles. The zero-order chi connectivity index (χ0) is 20.3. The Labute approximate surface area is 170 Å². The summed E-state index contributed by atoms with van der Waals surface area (Å²) in [6, 6.07) is 6.17. The molecule has 1 aliphatic rings. The van der Waals surface area contributed by atoms with E-state index in [1.807, 2.05) is 24.4 Å². The maximum Gasteiger partial charge on any atom is 0.264 e. The zero-order valence-electron chi connectivity index (χ0n) is 16.3. The molecule has 1 fully saturated rings. The van der Waals surface area contributed by atoms with Gasteiger partial charge in [-0.2, -0.15) is 8.42 Å². The summed E-state index contributed by atoms with van der Waals surface area (Å²) in [4.78, 5) is 16.6. The van der Waals surface area contributed by atoms with Gasteiger partial charge < -0.3 is 10.3 Å². The van der Waals surface area contributed by atoms with E-state index in [4.69, 9.17) is 9.17 Å². The molecule has 0 spiro atoms. The number of rotatable bonds is 7. The molecule has 0 bridgehead atoms. The molecule has 0 aromatic carbocycles. The summed E-state index contributed by atoms with van der Waals surface area (Å²) in [6.45, 7) is 0.270. The molecule has 0 saturated heterocycles. The van der Waals surface area contributed by atoms with Gasteiger partial charge >= 0.3 is 0 Å². The van der Waals surface area contributed by atoms with Gasteiger partial charge in [-0.3, -0.25) is 4.18 Å². The van der Waals surface area contributed by atoms with E-state index in [1.165, 1.54) is 0 Å². The van der Waals surface area contributed by atoms with Gasteiger partial charge in [0, 0.05) is 35.6 Å². The minimum absolute atomic E-state index is 0.270. The van der Waals surface area contributed by atoms with Crippen molar-refractivity contribution in [2.75, 3.05) is 18.2 Å². The molecule has 0 radical (unpaired) electrons. The smallest absolute Gasteiger partial charge is 0.264 e. The standard InChI is InChI=1S/C20H25N5O3S/c1-29(26,27)28-12-9-14-4-6-15(7-5-14)24-20-22-11-8-18(25-20)17-13-23-19-16(17)3-2-10-21-19/h2-3,8,10-11,13-15H,4-7,9,12H2,1H3,(H,21,23)(H,22,24,25). The lowest BCUT2D eigenvalue weighted by atomic mass is 9.84. The molecule has 9 heteroatoms. The van der Waals surface area contributed by atoms with Gasteiger partial charge in [-0.15, -0.1) is 0 Å². The Balaban J connectivity index is 1.35. The highest BCUT2D eigenvalue weighted by atomic mass is 32.2.